The third-order valence-corrected chi connectivity index (χ3v) is 3.14. The van der Waals surface area contributed by atoms with E-state index >= 15 is 0 Å². The van der Waals surface area contributed by atoms with Gasteiger partial charge < -0.3 is 4.74 Å². The van der Waals surface area contributed by atoms with Gasteiger partial charge in [-0.1, -0.05) is 30.3 Å². The van der Waals surface area contributed by atoms with Gasteiger partial charge in [0.15, 0.2) is 0 Å². The molecule has 0 radical (unpaired) electrons. The van der Waals surface area contributed by atoms with Crippen molar-refractivity contribution < 1.29 is 18.3 Å². The summed E-state index contributed by atoms with van der Waals surface area (Å²) in [5.74, 6) is -0.802. The van der Waals surface area contributed by atoms with Crippen molar-refractivity contribution in [2.75, 3.05) is 6.61 Å². The fraction of sp³-hybridized carbons (Fsp3) is 0.235. The molecule has 0 aliphatic heterocycles. The minimum absolute atomic E-state index is 0.0224. The number of rotatable bonds is 5. The van der Waals surface area contributed by atoms with Crippen LogP contribution in [0.1, 0.15) is 29.7 Å². The summed E-state index contributed by atoms with van der Waals surface area (Å²) in [6.07, 6.45) is -1.77. The Labute approximate surface area is 132 Å². The van der Waals surface area contributed by atoms with Crippen LogP contribution in [0.15, 0.2) is 48.1 Å². The Morgan fingerprint density at radius 3 is 2.52 bits per heavy atom. The average Bonchev–Trinajstić information content (AvgIpc) is 2.54. The molecule has 0 aliphatic carbocycles. The molecule has 0 bridgehead atoms. The standard InChI is InChI=1S/C17H16F2N2O2/c1-11(15(18)19)8-9-23-17(22)16-20-12(2)10-14(21-16)13-6-4-3-5-7-13/h3-7,10H,8-9H2,1-2H3. The maximum Gasteiger partial charge on any atom is 0.376 e. The van der Waals surface area contributed by atoms with E-state index in [1.54, 1.807) is 13.0 Å². The van der Waals surface area contributed by atoms with E-state index < -0.39 is 12.0 Å². The smallest absolute Gasteiger partial charge is 0.376 e. The number of hydrogen-bond donors (Lipinski definition) is 0. The number of hydrogen-bond acceptors (Lipinski definition) is 4. The normalized spacial score (nSPS) is 10.3. The molecule has 1 aromatic heterocycles. The molecule has 0 unspecified atom stereocenters. The molecule has 0 saturated carbocycles. The predicted octanol–water partition coefficient (Wildman–Crippen LogP) is 4.17. The van der Waals surface area contributed by atoms with E-state index in [-0.39, 0.29) is 24.4 Å². The number of carbonyl (C=O) groups excluding carboxylic acids is 1. The molecule has 4 nitrogen and oxygen atoms in total. The Balaban J connectivity index is 2.12. The molecule has 2 aromatic rings. The molecule has 1 heterocycles. The van der Waals surface area contributed by atoms with Gasteiger partial charge in [0.1, 0.15) is 0 Å². The maximum absolute atomic E-state index is 12.3. The molecule has 0 spiro atoms. The minimum atomic E-state index is -1.75. The summed E-state index contributed by atoms with van der Waals surface area (Å²) in [5.41, 5.74) is 1.98. The first-order valence-electron chi connectivity index (χ1n) is 7.06. The molecule has 1 aromatic carbocycles. The number of aromatic nitrogens is 2. The van der Waals surface area contributed by atoms with Crippen LogP contribution in [0, 0.1) is 6.92 Å². The molecule has 0 fully saturated rings. The summed E-state index contributed by atoms with van der Waals surface area (Å²) in [7, 11) is 0. The molecule has 0 aliphatic rings. The van der Waals surface area contributed by atoms with Crippen molar-refractivity contribution in [3.8, 4) is 11.3 Å². The van der Waals surface area contributed by atoms with Gasteiger partial charge in [-0.05, 0) is 25.5 Å². The highest BCUT2D eigenvalue weighted by Gasteiger charge is 2.14. The highest BCUT2D eigenvalue weighted by molar-refractivity contribution is 5.86. The van der Waals surface area contributed by atoms with Gasteiger partial charge in [-0.25, -0.2) is 14.8 Å². The van der Waals surface area contributed by atoms with Gasteiger partial charge in [-0.3, -0.25) is 0 Å². The number of carbonyl (C=O) groups is 1. The van der Waals surface area contributed by atoms with Crippen LogP contribution in [0.3, 0.4) is 0 Å². The monoisotopic (exact) mass is 318 g/mol. The Hall–Kier alpha value is -2.63. The molecule has 0 saturated heterocycles. The lowest BCUT2D eigenvalue weighted by Gasteiger charge is -2.07. The maximum atomic E-state index is 12.3. The van der Waals surface area contributed by atoms with Gasteiger partial charge >= 0.3 is 5.97 Å². The summed E-state index contributed by atoms with van der Waals surface area (Å²) >= 11 is 0. The topological polar surface area (TPSA) is 52.1 Å². The predicted molar refractivity (Wildman–Crippen MR) is 82.0 cm³/mol. The van der Waals surface area contributed by atoms with E-state index in [9.17, 15) is 13.6 Å². The largest absolute Gasteiger partial charge is 0.459 e. The van der Waals surface area contributed by atoms with Crippen molar-refractivity contribution in [2.45, 2.75) is 20.3 Å². The Morgan fingerprint density at radius 2 is 1.87 bits per heavy atom. The quantitative estimate of drug-likeness (QED) is 0.776. The Bertz CT molecular complexity index is 727. The number of nitrogens with zero attached hydrogens (tertiary/aromatic N) is 2. The van der Waals surface area contributed by atoms with Crippen molar-refractivity contribution in [1.82, 2.24) is 9.97 Å². The van der Waals surface area contributed by atoms with Gasteiger partial charge in [-0.15, -0.1) is 0 Å². The van der Waals surface area contributed by atoms with Crippen molar-refractivity contribution in [1.29, 1.82) is 0 Å². The Kier molecular flexibility index (Phi) is 5.51. The van der Waals surface area contributed by atoms with E-state index in [0.29, 0.717) is 11.4 Å². The molecule has 0 atom stereocenters. The van der Waals surface area contributed by atoms with Crippen molar-refractivity contribution in [3.05, 3.63) is 59.6 Å². The van der Waals surface area contributed by atoms with Crippen LogP contribution in [0.5, 0.6) is 0 Å². The molecule has 23 heavy (non-hydrogen) atoms. The van der Waals surface area contributed by atoms with E-state index in [1.807, 2.05) is 30.3 Å². The van der Waals surface area contributed by atoms with Gasteiger partial charge in [0.25, 0.3) is 6.08 Å². The van der Waals surface area contributed by atoms with E-state index in [0.717, 1.165) is 5.56 Å². The lowest BCUT2D eigenvalue weighted by Crippen LogP contribution is -2.12. The van der Waals surface area contributed by atoms with Crippen LogP contribution in [0.4, 0.5) is 8.78 Å². The van der Waals surface area contributed by atoms with Crippen LogP contribution >= 0.6 is 0 Å². The zero-order valence-electron chi connectivity index (χ0n) is 12.8. The Morgan fingerprint density at radius 1 is 1.17 bits per heavy atom. The molecule has 0 N–H and O–H groups in total. The fourth-order valence-electron chi connectivity index (χ4n) is 1.87. The summed E-state index contributed by atoms with van der Waals surface area (Å²) in [6, 6.07) is 11.1. The molecular formula is C17H16F2N2O2. The van der Waals surface area contributed by atoms with Crippen LogP contribution in [-0.2, 0) is 4.74 Å². The van der Waals surface area contributed by atoms with Crippen LogP contribution < -0.4 is 0 Å². The van der Waals surface area contributed by atoms with Crippen molar-refractivity contribution in [2.24, 2.45) is 0 Å². The molecule has 6 heteroatoms. The molecule has 120 valence electrons. The SMILES string of the molecule is CC(CCOC(=O)c1nc(C)cc(-c2ccccc2)n1)=C(F)F. The highest BCUT2D eigenvalue weighted by Crippen LogP contribution is 2.17. The fourth-order valence-corrected chi connectivity index (χ4v) is 1.87. The number of benzene rings is 1. The lowest BCUT2D eigenvalue weighted by molar-refractivity contribution is 0.0493. The third-order valence-electron chi connectivity index (χ3n) is 3.14. The van der Waals surface area contributed by atoms with Crippen LogP contribution in [0.25, 0.3) is 11.3 Å². The van der Waals surface area contributed by atoms with Gasteiger partial charge in [0, 0.05) is 17.7 Å². The first-order chi connectivity index (χ1) is 11.0. The van der Waals surface area contributed by atoms with Crippen LogP contribution in [0.2, 0.25) is 0 Å². The second-order valence-electron chi connectivity index (χ2n) is 5.01. The van der Waals surface area contributed by atoms with Gasteiger partial charge in [0.05, 0.1) is 12.3 Å². The minimum Gasteiger partial charge on any atom is -0.459 e. The first-order valence-corrected chi connectivity index (χ1v) is 7.06. The second-order valence-corrected chi connectivity index (χ2v) is 5.01. The summed E-state index contributed by atoms with van der Waals surface area (Å²) in [6.45, 7) is 2.90. The summed E-state index contributed by atoms with van der Waals surface area (Å²) in [4.78, 5) is 20.2. The third kappa shape index (κ3) is 4.67. The van der Waals surface area contributed by atoms with E-state index in [4.69, 9.17) is 4.74 Å². The average molecular weight is 318 g/mol. The summed E-state index contributed by atoms with van der Waals surface area (Å²) in [5, 5.41) is 0. The zero-order valence-corrected chi connectivity index (χ0v) is 12.8. The molecule has 2 rings (SSSR count). The van der Waals surface area contributed by atoms with Gasteiger partial charge in [0.2, 0.25) is 5.82 Å². The second kappa shape index (κ2) is 7.58. The van der Waals surface area contributed by atoms with Crippen LogP contribution in [-0.4, -0.2) is 22.5 Å². The first kappa shape index (κ1) is 16.7. The number of esters is 1. The lowest BCUT2D eigenvalue weighted by atomic mass is 10.1. The number of aryl methyl sites for hydroxylation is 1. The molecular weight excluding hydrogens is 302 g/mol. The number of ether oxygens (including phenoxy) is 1. The van der Waals surface area contributed by atoms with E-state index in [1.165, 1.54) is 6.92 Å². The van der Waals surface area contributed by atoms with Gasteiger partial charge in [-0.2, -0.15) is 8.78 Å². The molecule has 0 amide bonds. The summed E-state index contributed by atoms with van der Waals surface area (Å²) < 4.78 is 29.5. The van der Waals surface area contributed by atoms with Crippen molar-refractivity contribution >= 4 is 5.97 Å². The zero-order chi connectivity index (χ0) is 16.8. The number of halogens is 2. The van der Waals surface area contributed by atoms with Crippen molar-refractivity contribution in [3.63, 3.8) is 0 Å². The van der Waals surface area contributed by atoms with E-state index in [2.05, 4.69) is 9.97 Å². The highest BCUT2D eigenvalue weighted by atomic mass is 19.3.